The van der Waals surface area contributed by atoms with Gasteiger partial charge >= 0.3 is 0 Å². The van der Waals surface area contributed by atoms with E-state index >= 15 is 0 Å². The van der Waals surface area contributed by atoms with Crippen LogP contribution in [0.2, 0.25) is 0 Å². The lowest BCUT2D eigenvalue weighted by molar-refractivity contribution is 0.265. The van der Waals surface area contributed by atoms with Gasteiger partial charge in [-0.15, -0.1) is 0 Å². The Balaban J connectivity index is 2.46. The van der Waals surface area contributed by atoms with E-state index in [9.17, 15) is 0 Å². The fraction of sp³-hybridized carbons (Fsp3) is 0.500. The Morgan fingerprint density at radius 2 is 1.25 bits per heavy atom. The van der Waals surface area contributed by atoms with E-state index < -0.39 is 0 Å². The average molecular weight is 224 g/mol. The summed E-state index contributed by atoms with van der Waals surface area (Å²) >= 11 is 0. The van der Waals surface area contributed by atoms with Crippen LogP contribution in [0.25, 0.3) is 0 Å². The summed E-state index contributed by atoms with van der Waals surface area (Å²) in [7, 11) is 0. The molecule has 0 saturated heterocycles. The fourth-order valence-corrected chi connectivity index (χ4v) is 1.22. The molecule has 4 N–H and O–H groups in total. The Kier molecular flexibility index (Phi) is 6.37. The monoisotopic (exact) mass is 224 g/mol. The minimum atomic E-state index is 0.619. The molecule has 1 aromatic rings. The standard InChI is InChI=1S/C12H20N2O2/c13-7-3-9-15-11-5-1-2-6-12(11)16-10-4-8-14/h1-2,5-6H,3-4,7-10,13-14H2. The van der Waals surface area contributed by atoms with E-state index in [1.54, 1.807) is 0 Å². The first-order valence-electron chi connectivity index (χ1n) is 5.63. The van der Waals surface area contributed by atoms with E-state index in [4.69, 9.17) is 20.9 Å². The molecule has 0 amide bonds. The van der Waals surface area contributed by atoms with E-state index in [1.807, 2.05) is 24.3 Å². The lowest BCUT2D eigenvalue weighted by Crippen LogP contribution is -2.09. The van der Waals surface area contributed by atoms with Crippen LogP contribution in [0.5, 0.6) is 11.5 Å². The molecule has 1 rings (SSSR count). The highest BCUT2D eigenvalue weighted by Gasteiger charge is 2.03. The number of hydrogen-bond acceptors (Lipinski definition) is 4. The molecule has 16 heavy (non-hydrogen) atoms. The van der Waals surface area contributed by atoms with Crippen LogP contribution in [0.4, 0.5) is 0 Å². The third kappa shape index (κ3) is 4.51. The minimum Gasteiger partial charge on any atom is -0.490 e. The van der Waals surface area contributed by atoms with Crippen LogP contribution in [-0.4, -0.2) is 26.3 Å². The van der Waals surface area contributed by atoms with E-state index in [0.717, 1.165) is 24.3 Å². The third-order valence-corrected chi connectivity index (χ3v) is 2.06. The molecule has 0 aromatic heterocycles. The second-order valence-electron chi connectivity index (χ2n) is 3.43. The minimum absolute atomic E-state index is 0.619. The Morgan fingerprint density at radius 1 is 0.812 bits per heavy atom. The van der Waals surface area contributed by atoms with Crippen molar-refractivity contribution in [2.24, 2.45) is 11.5 Å². The van der Waals surface area contributed by atoms with E-state index in [-0.39, 0.29) is 0 Å². The summed E-state index contributed by atoms with van der Waals surface area (Å²) in [6.45, 7) is 2.51. The van der Waals surface area contributed by atoms with E-state index in [2.05, 4.69) is 0 Å². The molecule has 0 bridgehead atoms. The highest BCUT2D eigenvalue weighted by Crippen LogP contribution is 2.26. The summed E-state index contributed by atoms with van der Waals surface area (Å²) < 4.78 is 11.1. The molecule has 0 atom stereocenters. The molecular formula is C12H20N2O2. The van der Waals surface area contributed by atoms with Gasteiger partial charge in [-0.25, -0.2) is 0 Å². The number of hydrogen-bond donors (Lipinski definition) is 2. The predicted octanol–water partition coefficient (Wildman–Crippen LogP) is 1.14. The maximum Gasteiger partial charge on any atom is 0.161 e. The molecule has 0 aliphatic carbocycles. The maximum absolute atomic E-state index is 5.57. The van der Waals surface area contributed by atoms with Gasteiger partial charge in [0.1, 0.15) is 0 Å². The van der Waals surface area contributed by atoms with E-state index in [1.165, 1.54) is 0 Å². The molecule has 4 heteroatoms. The summed E-state index contributed by atoms with van der Waals surface area (Å²) in [6.07, 6.45) is 1.69. The zero-order valence-corrected chi connectivity index (χ0v) is 9.52. The van der Waals surface area contributed by atoms with Crippen LogP contribution in [0.15, 0.2) is 24.3 Å². The Labute approximate surface area is 96.5 Å². The molecule has 90 valence electrons. The van der Waals surface area contributed by atoms with E-state index in [0.29, 0.717) is 26.3 Å². The molecule has 0 saturated carbocycles. The molecule has 0 heterocycles. The molecule has 4 nitrogen and oxygen atoms in total. The normalized spacial score (nSPS) is 10.1. The summed E-state index contributed by atoms with van der Waals surface area (Å²) in [5.74, 6) is 1.54. The van der Waals surface area contributed by atoms with Gasteiger partial charge < -0.3 is 20.9 Å². The van der Waals surface area contributed by atoms with Crippen LogP contribution >= 0.6 is 0 Å². The maximum atomic E-state index is 5.57. The second kappa shape index (κ2) is 7.96. The second-order valence-corrected chi connectivity index (χ2v) is 3.43. The highest BCUT2D eigenvalue weighted by molar-refractivity contribution is 5.39. The van der Waals surface area contributed by atoms with Crippen LogP contribution < -0.4 is 20.9 Å². The quantitative estimate of drug-likeness (QED) is 0.650. The molecular weight excluding hydrogens is 204 g/mol. The van der Waals surface area contributed by atoms with Gasteiger partial charge in [-0.05, 0) is 38.1 Å². The van der Waals surface area contributed by atoms with Crippen molar-refractivity contribution < 1.29 is 9.47 Å². The molecule has 0 radical (unpaired) electrons. The highest BCUT2D eigenvalue weighted by atomic mass is 16.5. The summed E-state index contributed by atoms with van der Waals surface area (Å²) in [4.78, 5) is 0. The molecule has 0 aliphatic rings. The Hall–Kier alpha value is -1.26. The number of benzene rings is 1. The van der Waals surface area contributed by atoms with Gasteiger partial charge in [0.25, 0.3) is 0 Å². The van der Waals surface area contributed by atoms with Gasteiger partial charge in [-0.3, -0.25) is 0 Å². The van der Waals surface area contributed by atoms with Crippen LogP contribution in [0, 0.1) is 0 Å². The molecule has 0 fully saturated rings. The first-order valence-corrected chi connectivity index (χ1v) is 5.63. The summed E-state index contributed by atoms with van der Waals surface area (Å²) in [6, 6.07) is 7.64. The van der Waals surface area contributed by atoms with Crippen molar-refractivity contribution in [1.82, 2.24) is 0 Å². The molecule has 0 spiro atoms. The van der Waals surface area contributed by atoms with Crippen molar-refractivity contribution in [1.29, 1.82) is 0 Å². The van der Waals surface area contributed by atoms with Crippen molar-refractivity contribution in [2.45, 2.75) is 12.8 Å². The largest absolute Gasteiger partial charge is 0.490 e. The van der Waals surface area contributed by atoms with Crippen molar-refractivity contribution in [3.8, 4) is 11.5 Å². The van der Waals surface area contributed by atoms with Crippen molar-refractivity contribution in [3.63, 3.8) is 0 Å². The van der Waals surface area contributed by atoms with Crippen LogP contribution in [-0.2, 0) is 0 Å². The van der Waals surface area contributed by atoms with Crippen molar-refractivity contribution >= 4 is 0 Å². The van der Waals surface area contributed by atoms with Gasteiger partial charge in [0.15, 0.2) is 11.5 Å². The lowest BCUT2D eigenvalue weighted by atomic mass is 10.3. The Bertz CT molecular complexity index is 263. The van der Waals surface area contributed by atoms with Crippen LogP contribution in [0.3, 0.4) is 0 Å². The zero-order chi connectivity index (χ0) is 11.6. The summed E-state index contributed by atoms with van der Waals surface area (Å²) in [5.41, 5.74) is 10.8. The predicted molar refractivity (Wildman–Crippen MR) is 64.8 cm³/mol. The molecule has 0 aliphatic heterocycles. The lowest BCUT2D eigenvalue weighted by Gasteiger charge is -2.11. The first-order chi connectivity index (χ1) is 7.88. The fourth-order valence-electron chi connectivity index (χ4n) is 1.22. The smallest absolute Gasteiger partial charge is 0.161 e. The van der Waals surface area contributed by atoms with Gasteiger partial charge in [-0.1, -0.05) is 12.1 Å². The third-order valence-electron chi connectivity index (χ3n) is 2.06. The first kappa shape index (κ1) is 12.8. The van der Waals surface area contributed by atoms with Crippen molar-refractivity contribution in [2.75, 3.05) is 26.3 Å². The molecule has 0 unspecified atom stereocenters. The number of rotatable bonds is 8. The number of nitrogens with two attached hydrogens (primary N) is 2. The zero-order valence-electron chi connectivity index (χ0n) is 9.52. The van der Waals surface area contributed by atoms with Gasteiger partial charge in [-0.2, -0.15) is 0 Å². The number of ether oxygens (including phenoxy) is 2. The molecule has 1 aromatic carbocycles. The summed E-state index contributed by atoms with van der Waals surface area (Å²) in [5, 5.41) is 0. The average Bonchev–Trinajstić information content (AvgIpc) is 2.32. The Morgan fingerprint density at radius 3 is 1.62 bits per heavy atom. The van der Waals surface area contributed by atoms with Gasteiger partial charge in [0, 0.05) is 0 Å². The van der Waals surface area contributed by atoms with Crippen molar-refractivity contribution in [3.05, 3.63) is 24.3 Å². The number of para-hydroxylation sites is 2. The SMILES string of the molecule is NCCCOc1ccccc1OCCCN. The van der Waals surface area contributed by atoms with Gasteiger partial charge in [0.05, 0.1) is 13.2 Å². The topological polar surface area (TPSA) is 70.5 Å². The van der Waals surface area contributed by atoms with Crippen LogP contribution in [0.1, 0.15) is 12.8 Å². The van der Waals surface area contributed by atoms with Gasteiger partial charge in [0.2, 0.25) is 0 Å².